The zero-order chi connectivity index (χ0) is 13.7. The standard InChI is InChI=1S/C14H16Cl2N2O/c15-11-1-2-13(16)12(9-11)14(19)18-8-5-10-3-6-17-7-4-10/h1-3,9,17H,4-8H2,(H,18,19). The van der Waals surface area contributed by atoms with E-state index in [-0.39, 0.29) is 5.91 Å². The molecule has 1 aromatic rings. The van der Waals surface area contributed by atoms with Crippen LogP contribution in [0.2, 0.25) is 10.0 Å². The molecule has 19 heavy (non-hydrogen) atoms. The zero-order valence-corrected chi connectivity index (χ0v) is 12.0. The maximum Gasteiger partial charge on any atom is 0.252 e. The molecular formula is C14H16Cl2N2O. The van der Waals surface area contributed by atoms with Crippen molar-refractivity contribution >= 4 is 29.1 Å². The van der Waals surface area contributed by atoms with Crippen LogP contribution in [-0.2, 0) is 0 Å². The van der Waals surface area contributed by atoms with Crippen LogP contribution in [-0.4, -0.2) is 25.5 Å². The molecule has 0 bridgehead atoms. The van der Waals surface area contributed by atoms with Crippen LogP contribution in [0, 0.1) is 0 Å². The SMILES string of the molecule is O=C(NCCC1=CCNCC1)c1cc(Cl)ccc1Cl. The van der Waals surface area contributed by atoms with Gasteiger partial charge in [-0.2, -0.15) is 0 Å². The van der Waals surface area contributed by atoms with Gasteiger partial charge in [0.1, 0.15) is 0 Å². The van der Waals surface area contributed by atoms with Crippen molar-refractivity contribution in [3.8, 4) is 0 Å². The summed E-state index contributed by atoms with van der Waals surface area (Å²) in [5, 5.41) is 7.06. The van der Waals surface area contributed by atoms with E-state index in [1.807, 2.05) is 0 Å². The van der Waals surface area contributed by atoms with Crippen LogP contribution in [0.3, 0.4) is 0 Å². The minimum atomic E-state index is -0.179. The van der Waals surface area contributed by atoms with Crippen molar-refractivity contribution in [1.82, 2.24) is 10.6 Å². The van der Waals surface area contributed by atoms with Crippen molar-refractivity contribution in [1.29, 1.82) is 0 Å². The molecule has 0 aromatic heterocycles. The number of carbonyl (C=O) groups excluding carboxylic acids is 1. The van der Waals surface area contributed by atoms with Gasteiger partial charge in [-0.3, -0.25) is 4.79 Å². The normalized spacial score (nSPS) is 14.9. The van der Waals surface area contributed by atoms with E-state index in [1.54, 1.807) is 18.2 Å². The highest BCUT2D eigenvalue weighted by molar-refractivity contribution is 6.35. The molecule has 0 unspecified atom stereocenters. The van der Waals surface area contributed by atoms with Gasteiger partial charge in [-0.15, -0.1) is 0 Å². The van der Waals surface area contributed by atoms with Crippen molar-refractivity contribution in [2.45, 2.75) is 12.8 Å². The minimum Gasteiger partial charge on any atom is -0.352 e. The van der Waals surface area contributed by atoms with Gasteiger partial charge in [0.15, 0.2) is 0 Å². The number of benzene rings is 1. The molecule has 1 amide bonds. The lowest BCUT2D eigenvalue weighted by Gasteiger charge is -2.14. The topological polar surface area (TPSA) is 41.1 Å². The number of halogens is 2. The number of hydrogen-bond donors (Lipinski definition) is 2. The highest BCUT2D eigenvalue weighted by atomic mass is 35.5. The number of rotatable bonds is 4. The van der Waals surface area contributed by atoms with E-state index >= 15 is 0 Å². The Morgan fingerprint density at radius 2 is 2.21 bits per heavy atom. The van der Waals surface area contributed by atoms with Gasteiger partial charge in [-0.05, 0) is 37.6 Å². The Kier molecular flexibility index (Phi) is 5.25. The Hall–Kier alpha value is -1.03. The van der Waals surface area contributed by atoms with Gasteiger partial charge in [0.25, 0.3) is 5.91 Å². The van der Waals surface area contributed by atoms with Gasteiger partial charge in [0.05, 0.1) is 10.6 Å². The third-order valence-electron chi connectivity index (χ3n) is 3.06. The van der Waals surface area contributed by atoms with E-state index in [1.165, 1.54) is 5.57 Å². The number of hydrogen-bond acceptors (Lipinski definition) is 2. The molecule has 1 aliphatic heterocycles. The van der Waals surface area contributed by atoms with E-state index < -0.39 is 0 Å². The van der Waals surface area contributed by atoms with Gasteiger partial charge in [0, 0.05) is 18.1 Å². The molecule has 5 heteroatoms. The van der Waals surface area contributed by atoms with Crippen molar-refractivity contribution in [2.75, 3.05) is 19.6 Å². The lowest BCUT2D eigenvalue weighted by Crippen LogP contribution is -2.26. The van der Waals surface area contributed by atoms with Gasteiger partial charge >= 0.3 is 0 Å². The van der Waals surface area contributed by atoms with Crippen molar-refractivity contribution in [3.05, 3.63) is 45.5 Å². The first-order chi connectivity index (χ1) is 9.16. The first-order valence-corrected chi connectivity index (χ1v) is 7.04. The van der Waals surface area contributed by atoms with E-state index in [9.17, 15) is 4.79 Å². The van der Waals surface area contributed by atoms with Crippen molar-refractivity contribution < 1.29 is 4.79 Å². The molecule has 2 N–H and O–H groups in total. The molecule has 2 rings (SSSR count). The number of carbonyl (C=O) groups is 1. The zero-order valence-electron chi connectivity index (χ0n) is 10.5. The fourth-order valence-corrected chi connectivity index (χ4v) is 2.38. The lowest BCUT2D eigenvalue weighted by molar-refractivity contribution is 0.0954. The Balaban J connectivity index is 1.87. The first kappa shape index (κ1) is 14.4. The van der Waals surface area contributed by atoms with Gasteiger partial charge in [0.2, 0.25) is 0 Å². The fourth-order valence-electron chi connectivity index (χ4n) is 2.00. The average molecular weight is 299 g/mol. The van der Waals surface area contributed by atoms with Crippen molar-refractivity contribution in [3.63, 3.8) is 0 Å². The summed E-state index contributed by atoms with van der Waals surface area (Å²) in [6, 6.07) is 4.89. The maximum atomic E-state index is 12.0. The molecule has 0 fully saturated rings. The lowest BCUT2D eigenvalue weighted by atomic mass is 10.1. The summed E-state index contributed by atoms with van der Waals surface area (Å²) >= 11 is 11.8. The Bertz CT molecular complexity index is 500. The van der Waals surface area contributed by atoms with Crippen LogP contribution in [0.15, 0.2) is 29.8 Å². The molecule has 3 nitrogen and oxygen atoms in total. The summed E-state index contributed by atoms with van der Waals surface area (Å²) in [5.74, 6) is -0.179. The molecular weight excluding hydrogens is 283 g/mol. The predicted molar refractivity (Wildman–Crippen MR) is 79.0 cm³/mol. The number of nitrogens with one attached hydrogen (secondary N) is 2. The number of amides is 1. The smallest absolute Gasteiger partial charge is 0.252 e. The van der Waals surface area contributed by atoms with Gasteiger partial charge < -0.3 is 10.6 Å². The van der Waals surface area contributed by atoms with Crippen LogP contribution in [0.4, 0.5) is 0 Å². The van der Waals surface area contributed by atoms with Crippen LogP contribution in [0.25, 0.3) is 0 Å². The second-order valence-electron chi connectivity index (χ2n) is 4.45. The fraction of sp³-hybridized carbons (Fsp3) is 0.357. The second-order valence-corrected chi connectivity index (χ2v) is 5.29. The molecule has 0 saturated heterocycles. The van der Waals surface area contributed by atoms with Crippen LogP contribution in [0.1, 0.15) is 23.2 Å². The molecule has 0 aliphatic carbocycles. The summed E-state index contributed by atoms with van der Waals surface area (Å²) in [6.45, 7) is 2.55. The molecule has 1 aliphatic rings. The molecule has 0 radical (unpaired) electrons. The Morgan fingerprint density at radius 3 is 2.95 bits per heavy atom. The van der Waals surface area contributed by atoms with Crippen LogP contribution >= 0.6 is 23.2 Å². The molecule has 1 heterocycles. The van der Waals surface area contributed by atoms with Gasteiger partial charge in [-0.25, -0.2) is 0 Å². The monoisotopic (exact) mass is 298 g/mol. The van der Waals surface area contributed by atoms with Crippen LogP contribution in [0.5, 0.6) is 0 Å². The third-order valence-corrected chi connectivity index (χ3v) is 3.63. The molecule has 0 atom stereocenters. The minimum absolute atomic E-state index is 0.179. The highest BCUT2D eigenvalue weighted by Crippen LogP contribution is 2.20. The highest BCUT2D eigenvalue weighted by Gasteiger charge is 2.11. The summed E-state index contributed by atoms with van der Waals surface area (Å²) in [7, 11) is 0. The Labute approximate surface area is 123 Å². The quantitative estimate of drug-likeness (QED) is 0.839. The maximum absolute atomic E-state index is 12.0. The molecule has 1 aromatic carbocycles. The van der Waals surface area contributed by atoms with Crippen LogP contribution < -0.4 is 10.6 Å². The largest absolute Gasteiger partial charge is 0.352 e. The summed E-state index contributed by atoms with van der Waals surface area (Å²) < 4.78 is 0. The van der Waals surface area contributed by atoms with E-state index in [2.05, 4.69) is 16.7 Å². The second kappa shape index (κ2) is 6.94. The summed E-state index contributed by atoms with van der Waals surface area (Å²) in [5.41, 5.74) is 1.81. The average Bonchev–Trinajstić information content (AvgIpc) is 2.42. The van der Waals surface area contributed by atoms with Gasteiger partial charge in [-0.1, -0.05) is 34.9 Å². The summed E-state index contributed by atoms with van der Waals surface area (Å²) in [6.07, 6.45) is 4.11. The first-order valence-electron chi connectivity index (χ1n) is 6.28. The summed E-state index contributed by atoms with van der Waals surface area (Å²) in [4.78, 5) is 12.0. The molecule has 0 spiro atoms. The molecule has 102 valence electrons. The third kappa shape index (κ3) is 4.23. The van der Waals surface area contributed by atoms with E-state index in [4.69, 9.17) is 23.2 Å². The van der Waals surface area contributed by atoms with E-state index in [0.29, 0.717) is 22.2 Å². The van der Waals surface area contributed by atoms with E-state index in [0.717, 1.165) is 25.9 Å². The molecule has 0 saturated carbocycles. The van der Waals surface area contributed by atoms with Crippen molar-refractivity contribution in [2.24, 2.45) is 0 Å². The Morgan fingerprint density at radius 1 is 1.37 bits per heavy atom. The predicted octanol–water partition coefficient (Wildman–Crippen LogP) is 3.03.